The molecule has 0 atom stereocenters. The Kier molecular flexibility index (Phi) is 8.35. The minimum absolute atomic E-state index is 0.438. The van der Waals surface area contributed by atoms with E-state index in [9.17, 15) is 0 Å². The van der Waals surface area contributed by atoms with Gasteiger partial charge in [-0.3, -0.25) is 9.97 Å². The average Bonchev–Trinajstić information content (AvgIpc) is 3.29. The number of rotatable bonds is 7. The van der Waals surface area contributed by atoms with Gasteiger partial charge in [0.15, 0.2) is 17.5 Å². The van der Waals surface area contributed by atoms with Crippen LogP contribution in [-0.2, 0) is 0 Å². The van der Waals surface area contributed by atoms with E-state index in [2.05, 4.69) is 42.5 Å². The maximum Gasteiger partial charge on any atom is 0.182 e. The first kappa shape index (κ1) is 32.8. The summed E-state index contributed by atoms with van der Waals surface area (Å²) >= 11 is 0. The maximum atomic E-state index is 5.16. The molecule has 0 N–H and O–H groups in total. The van der Waals surface area contributed by atoms with E-state index >= 15 is 0 Å². The molecule has 5 aromatic heterocycles. The molecule has 7 heteroatoms. The molecule has 0 saturated heterocycles. The normalized spacial score (nSPS) is 11.2. The van der Waals surface area contributed by atoms with Gasteiger partial charge in [-0.1, -0.05) is 121 Å². The number of aromatic nitrogens is 7. The zero-order valence-electron chi connectivity index (χ0n) is 30.0. The minimum atomic E-state index is 0.438. The van der Waals surface area contributed by atoms with Crippen LogP contribution in [-0.4, -0.2) is 34.9 Å². The van der Waals surface area contributed by atoms with Gasteiger partial charge in [0.05, 0.1) is 22.8 Å². The van der Waals surface area contributed by atoms with Crippen LogP contribution in [0.25, 0.3) is 101 Å². The van der Waals surface area contributed by atoms with Gasteiger partial charge in [-0.15, -0.1) is 0 Å². The summed E-state index contributed by atoms with van der Waals surface area (Å²) < 4.78 is 0. The van der Waals surface area contributed by atoms with Crippen molar-refractivity contribution in [1.29, 1.82) is 0 Å². The Balaban J connectivity index is 1.22. The van der Waals surface area contributed by atoms with Crippen molar-refractivity contribution in [3.05, 3.63) is 188 Å². The first-order chi connectivity index (χ1) is 27.7. The maximum absolute atomic E-state index is 5.16. The second-order valence-electron chi connectivity index (χ2n) is 13.4. The van der Waals surface area contributed by atoms with Crippen molar-refractivity contribution in [2.45, 2.75) is 0 Å². The molecule has 10 rings (SSSR count). The summed E-state index contributed by atoms with van der Waals surface area (Å²) in [6.45, 7) is 0. The fraction of sp³-hybridized carbons (Fsp3) is 0. The number of hydrogen-bond donors (Lipinski definition) is 0. The van der Waals surface area contributed by atoms with Gasteiger partial charge < -0.3 is 0 Å². The Labute approximate surface area is 323 Å². The lowest BCUT2D eigenvalue weighted by molar-refractivity contribution is 1.05. The van der Waals surface area contributed by atoms with Crippen LogP contribution in [0.2, 0.25) is 0 Å². The molecule has 56 heavy (non-hydrogen) atoms. The highest BCUT2D eigenvalue weighted by molar-refractivity contribution is 5.99. The number of nitrogens with zero attached hydrogens (tertiary/aromatic N) is 7. The molecule has 0 amide bonds. The lowest BCUT2D eigenvalue weighted by Gasteiger charge is -2.14. The van der Waals surface area contributed by atoms with E-state index in [1.165, 1.54) is 0 Å². The van der Waals surface area contributed by atoms with Crippen LogP contribution >= 0.6 is 0 Å². The smallest absolute Gasteiger partial charge is 0.182 e. The van der Waals surface area contributed by atoms with Gasteiger partial charge in [-0.2, -0.15) is 0 Å². The van der Waals surface area contributed by atoms with E-state index in [1.807, 2.05) is 146 Å². The molecule has 0 spiro atoms. The summed E-state index contributed by atoms with van der Waals surface area (Å²) in [4.78, 5) is 35.3. The van der Waals surface area contributed by atoms with Gasteiger partial charge in [0.25, 0.3) is 0 Å². The SMILES string of the molecule is c1ccc(-c2cccc(-c3nc(-c4cc(-c5nccc6ccccc56)cc(-c5nccc6ccccc56)c4)nc(-c4cccc(-c5ccccc5)n4)n3)n2)cc1. The first-order valence-electron chi connectivity index (χ1n) is 18.4. The first-order valence-corrected chi connectivity index (χ1v) is 18.4. The Hall–Kier alpha value is -7.77. The monoisotopic (exact) mass is 717 g/mol. The van der Waals surface area contributed by atoms with Crippen LogP contribution in [0.1, 0.15) is 0 Å². The Bertz CT molecular complexity index is 2830. The number of pyridine rings is 4. The fourth-order valence-corrected chi connectivity index (χ4v) is 7.12. The van der Waals surface area contributed by atoms with Crippen LogP contribution in [0.4, 0.5) is 0 Å². The third-order valence-corrected chi connectivity index (χ3v) is 9.82. The summed E-state index contributed by atoms with van der Waals surface area (Å²) in [5.41, 5.74) is 9.23. The second kappa shape index (κ2) is 14.2. The molecule has 0 fully saturated rings. The highest BCUT2D eigenvalue weighted by atomic mass is 15.1. The quantitative estimate of drug-likeness (QED) is 0.162. The number of hydrogen-bond acceptors (Lipinski definition) is 7. The molecule has 262 valence electrons. The molecule has 0 radical (unpaired) electrons. The summed E-state index contributed by atoms with van der Waals surface area (Å²) in [7, 11) is 0. The summed E-state index contributed by atoms with van der Waals surface area (Å²) in [5, 5.41) is 4.30. The van der Waals surface area contributed by atoms with Gasteiger partial charge in [-0.05, 0) is 65.4 Å². The molecule has 5 heterocycles. The van der Waals surface area contributed by atoms with Crippen molar-refractivity contribution >= 4 is 21.5 Å². The van der Waals surface area contributed by atoms with Crippen LogP contribution < -0.4 is 0 Å². The molecule has 0 saturated carbocycles. The van der Waals surface area contributed by atoms with Crippen molar-refractivity contribution in [1.82, 2.24) is 34.9 Å². The van der Waals surface area contributed by atoms with Crippen LogP contribution in [0.15, 0.2) is 188 Å². The molecular weight excluding hydrogens is 687 g/mol. The molecule has 0 bridgehead atoms. The predicted molar refractivity (Wildman–Crippen MR) is 224 cm³/mol. The van der Waals surface area contributed by atoms with Gasteiger partial charge in [-0.25, -0.2) is 24.9 Å². The van der Waals surface area contributed by atoms with Gasteiger partial charge in [0.1, 0.15) is 11.4 Å². The topological polar surface area (TPSA) is 90.2 Å². The fourth-order valence-electron chi connectivity index (χ4n) is 7.12. The molecule has 7 nitrogen and oxygen atoms in total. The molecule has 0 aliphatic carbocycles. The molecule has 0 aliphatic heterocycles. The third kappa shape index (κ3) is 6.33. The van der Waals surface area contributed by atoms with Gasteiger partial charge >= 0.3 is 0 Å². The van der Waals surface area contributed by atoms with Crippen molar-refractivity contribution in [3.63, 3.8) is 0 Å². The Morgan fingerprint density at radius 1 is 0.268 bits per heavy atom. The van der Waals surface area contributed by atoms with Crippen molar-refractivity contribution < 1.29 is 0 Å². The zero-order valence-corrected chi connectivity index (χ0v) is 30.0. The molecule has 5 aromatic carbocycles. The highest BCUT2D eigenvalue weighted by Crippen LogP contribution is 2.36. The van der Waals surface area contributed by atoms with Crippen LogP contribution in [0.5, 0.6) is 0 Å². The minimum Gasteiger partial charge on any atom is -0.256 e. The lowest BCUT2D eigenvalue weighted by Crippen LogP contribution is -2.03. The number of benzene rings is 5. The van der Waals surface area contributed by atoms with E-state index in [1.54, 1.807) is 0 Å². The standard InChI is InChI=1S/C49H31N7/c1-3-15-34(16-4-1)41-21-11-23-43(52-41)48-54-47(55-49(56-48)44-24-12-22-42(53-44)35-17-5-2-6-18-35)38-30-36(45-39-19-9-7-13-32(39)25-27-50-45)29-37(31-38)46-40-20-10-8-14-33(40)26-28-51-46/h1-31H. The summed E-state index contributed by atoms with van der Waals surface area (Å²) in [6, 6.07) is 59.1. The van der Waals surface area contributed by atoms with Crippen molar-refractivity contribution in [2.24, 2.45) is 0 Å². The molecule has 0 aliphatic rings. The Morgan fingerprint density at radius 3 is 1.18 bits per heavy atom. The van der Waals surface area contributed by atoms with Crippen LogP contribution in [0.3, 0.4) is 0 Å². The summed E-state index contributed by atoms with van der Waals surface area (Å²) in [5.74, 6) is 1.36. The number of fused-ring (bicyclic) bond motifs is 2. The molecular formula is C49H31N7. The Morgan fingerprint density at radius 2 is 0.679 bits per heavy atom. The average molecular weight is 718 g/mol. The van der Waals surface area contributed by atoms with Crippen molar-refractivity contribution in [2.75, 3.05) is 0 Å². The molecule has 0 unspecified atom stereocenters. The molecule has 10 aromatic rings. The second-order valence-corrected chi connectivity index (χ2v) is 13.4. The van der Waals surface area contributed by atoms with E-state index in [0.717, 1.165) is 72.1 Å². The van der Waals surface area contributed by atoms with E-state index < -0.39 is 0 Å². The predicted octanol–water partition coefficient (Wildman–Crippen LogP) is 11.4. The van der Waals surface area contributed by atoms with E-state index in [4.69, 9.17) is 34.9 Å². The summed E-state index contributed by atoms with van der Waals surface area (Å²) in [6.07, 6.45) is 3.71. The van der Waals surface area contributed by atoms with E-state index in [0.29, 0.717) is 28.9 Å². The van der Waals surface area contributed by atoms with Crippen LogP contribution in [0, 0.1) is 0 Å². The largest absolute Gasteiger partial charge is 0.256 e. The lowest BCUT2D eigenvalue weighted by atomic mass is 9.96. The van der Waals surface area contributed by atoms with Gasteiger partial charge in [0.2, 0.25) is 0 Å². The zero-order chi connectivity index (χ0) is 37.3. The van der Waals surface area contributed by atoms with Gasteiger partial charge in [0, 0.05) is 51.0 Å². The third-order valence-electron chi connectivity index (χ3n) is 9.82. The highest BCUT2D eigenvalue weighted by Gasteiger charge is 2.19. The van der Waals surface area contributed by atoms with E-state index in [-0.39, 0.29) is 0 Å². The van der Waals surface area contributed by atoms with Crippen molar-refractivity contribution in [3.8, 4) is 79.5 Å².